The van der Waals surface area contributed by atoms with E-state index in [0.717, 1.165) is 10.6 Å². The maximum absolute atomic E-state index is 12.0. The summed E-state index contributed by atoms with van der Waals surface area (Å²) in [5.74, 6) is 0.115. The number of hydrogen-bond donors (Lipinski definition) is 1. The zero-order valence-electron chi connectivity index (χ0n) is 11.5. The lowest BCUT2D eigenvalue weighted by Gasteiger charge is -2.10. The second-order valence-electron chi connectivity index (χ2n) is 4.50. The molecule has 0 aliphatic heterocycles. The van der Waals surface area contributed by atoms with Crippen molar-refractivity contribution in [1.82, 2.24) is 10.2 Å². The molecule has 0 fully saturated rings. The Balaban J connectivity index is 1.88. The first-order valence-corrected chi connectivity index (χ1v) is 7.17. The van der Waals surface area contributed by atoms with E-state index in [-0.39, 0.29) is 11.8 Å². The average molecular weight is 291 g/mol. The van der Waals surface area contributed by atoms with Gasteiger partial charge in [-0.3, -0.25) is 4.79 Å². The molecule has 1 aromatic heterocycles. The van der Waals surface area contributed by atoms with Gasteiger partial charge in [-0.05, 0) is 11.5 Å². The van der Waals surface area contributed by atoms with Crippen LogP contribution in [-0.2, 0) is 16.1 Å². The van der Waals surface area contributed by atoms with E-state index in [4.69, 9.17) is 4.74 Å². The van der Waals surface area contributed by atoms with Gasteiger partial charge in [0.15, 0.2) is 0 Å². The molecule has 106 valence electrons. The predicted octanol–water partition coefficient (Wildman–Crippen LogP) is 2.82. The van der Waals surface area contributed by atoms with Gasteiger partial charge in [0.25, 0.3) is 0 Å². The topological polar surface area (TPSA) is 64.1 Å². The number of hydrogen-bond acceptors (Lipinski definition) is 5. The first-order valence-electron chi connectivity index (χ1n) is 6.35. The van der Waals surface area contributed by atoms with Crippen molar-refractivity contribution in [2.45, 2.75) is 25.9 Å². The van der Waals surface area contributed by atoms with E-state index in [1.807, 2.05) is 37.3 Å². The van der Waals surface area contributed by atoms with Crippen LogP contribution in [0.5, 0.6) is 0 Å². The van der Waals surface area contributed by atoms with Gasteiger partial charge in [-0.15, -0.1) is 10.2 Å². The molecule has 0 spiro atoms. The zero-order chi connectivity index (χ0) is 14.4. The number of methoxy groups -OCH3 is 1. The van der Waals surface area contributed by atoms with Crippen LogP contribution in [0.2, 0.25) is 0 Å². The Morgan fingerprint density at radius 2 is 2.10 bits per heavy atom. The molecule has 0 saturated carbocycles. The number of aromatic nitrogens is 2. The summed E-state index contributed by atoms with van der Waals surface area (Å²) in [7, 11) is 1.60. The van der Waals surface area contributed by atoms with Crippen LogP contribution >= 0.6 is 11.3 Å². The number of rotatable bonds is 6. The van der Waals surface area contributed by atoms with E-state index in [2.05, 4.69) is 15.5 Å². The highest BCUT2D eigenvalue weighted by Gasteiger charge is 2.13. The molecule has 0 saturated heterocycles. The van der Waals surface area contributed by atoms with Gasteiger partial charge in [-0.1, -0.05) is 48.6 Å². The second-order valence-corrected chi connectivity index (χ2v) is 5.56. The van der Waals surface area contributed by atoms with E-state index < -0.39 is 0 Å². The zero-order valence-corrected chi connectivity index (χ0v) is 12.3. The summed E-state index contributed by atoms with van der Waals surface area (Å²) in [6, 6.07) is 9.98. The smallest absolute Gasteiger partial charge is 0.226 e. The molecule has 20 heavy (non-hydrogen) atoms. The maximum Gasteiger partial charge on any atom is 0.226 e. The molecular formula is C14H17N3O2S. The van der Waals surface area contributed by atoms with Crippen LogP contribution in [0.3, 0.4) is 0 Å². The van der Waals surface area contributed by atoms with Crippen molar-refractivity contribution in [3.8, 4) is 0 Å². The number of amides is 1. The monoisotopic (exact) mass is 291 g/mol. The van der Waals surface area contributed by atoms with Gasteiger partial charge in [0.1, 0.15) is 11.6 Å². The van der Waals surface area contributed by atoms with Gasteiger partial charge in [0.2, 0.25) is 11.0 Å². The third kappa shape index (κ3) is 4.11. The van der Waals surface area contributed by atoms with Gasteiger partial charge >= 0.3 is 0 Å². The van der Waals surface area contributed by atoms with Gasteiger partial charge < -0.3 is 10.1 Å². The number of anilines is 1. The summed E-state index contributed by atoms with van der Waals surface area (Å²) < 4.78 is 4.96. The molecule has 1 heterocycles. The first kappa shape index (κ1) is 14.6. The molecule has 1 N–H and O–H groups in total. The van der Waals surface area contributed by atoms with E-state index in [1.54, 1.807) is 7.11 Å². The van der Waals surface area contributed by atoms with Crippen molar-refractivity contribution >= 4 is 22.4 Å². The summed E-state index contributed by atoms with van der Waals surface area (Å²) in [6.07, 6.45) is 0.420. The third-order valence-electron chi connectivity index (χ3n) is 2.84. The summed E-state index contributed by atoms with van der Waals surface area (Å²) in [5.41, 5.74) is 1.15. The minimum absolute atomic E-state index is 0.0542. The Kier molecular flexibility index (Phi) is 5.20. The molecule has 1 amide bonds. The number of nitrogens with one attached hydrogen (secondary N) is 1. The lowest BCUT2D eigenvalue weighted by molar-refractivity contribution is -0.116. The molecule has 0 aliphatic carbocycles. The Bertz CT molecular complexity index is 557. The van der Waals surface area contributed by atoms with E-state index in [0.29, 0.717) is 18.2 Å². The molecular weight excluding hydrogens is 274 g/mol. The Hall–Kier alpha value is -1.79. The number of benzene rings is 1. The fourth-order valence-electron chi connectivity index (χ4n) is 1.83. The highest BCUT2D eigenvalue weighted by Crippen LogP contribution is 2.20. The fourth-order valence-corrected chi connectivity index (χ4v) is 2.56. The van der Waals surface area contributed by atoms with Crippen LogP contribution in [0, 0.1) is 0 Å². The van der Waals surface area contributed by atoms with E-state index in [1.165, 1.54) is 11.3 Å². The van der Waals surface area contributed by atoms with E-state index in [9.17, 15) is 4.79 Å². The predicted molar refractivity (Wildman–Crippen MR) is 78.7 cm³/mol. The molecule has 6 heteroatoms. The lowest BCUT2D eigenvalue weighted by Crippen LogP contribution is -2.14. The molecule has 2 rings (SSSR count). The number of carbonyl (C=O) groups excluding carboxylic acids is 1. The number of carbonyl (C=O) groups is 1. The van der Waals surface area contributed by atoms with Crippen molar-refractivity contribution in [3.63, 3.8) is 0 Å². The van der Waals surface area contributed by atoms with Gasteiger partial charge in [0, 0.05) is 13.5 Å². The quantitative estimate of drug-likeness (QED) is 0.889. The second kappa shape index (κ2) is 7.12. The van der Waals surface area contributed by atoms with Crippen LogP contribution in [-0.4, -0.2) is 23.2 Å². The van der Waals surface area contributed by atoms with Gasteiger partial charge in [-0.25, -0.2) is 0 Å². The molecule has 0 radical (unpaired) electrons. The molecule has 2 aromatic rings. The number of nitrogens with zero attached hydrogens (tertiary/aromatic N) is 2. The van der Waals surface area contributed by atoms with Crippen molar-refractivity contribution in [2.75, 3.05) is 12.4 Å². The SMILES string of the molecule is COCc1nnc(NC(=O)C[C@@H](C)c2ccccc2)s1. The highest BCUT2D eigenvalue weighted by molar-refractivity contribution is 7.15. The molecule has 1 aromatic carbocycles. The summed E-state index contributed by atoms with van der Waals surface area (Å²) >= 11 is 1.33. The fraction of sp³-hybridized carbons (Fsp3) is 0.357. The summed E-state index contributed by atoms with van der Waals surface area (Å²) in [5, 5.41) is 11.9. The molecule has 0 aliphatic rings. The highest BCUT2D eigenvalue weighted by atomic mass is 32.1. The van der Waals surface area contributed by atoms with Crippen molar-refractivity contribution < 1.29 is 9.53 Å². The number of ether oxygens (including phenoxy) is 1. The maximum atomic E-state index is 12.0. The van der Waals surface area contributed by atoms with Crippen molar-refractivity contribution in [3.05, 3.63) is 40.9 Å². The largest absolute Gasteiger partial charge is 0.377 e. The van der Waals surface area contributed by atoms with Crippen molar-refractivity contribution in [1.29, 1.82) is 0 Å². The molecule has 0 bridgehead atoms. The molecule has 0 unspecified atom stereocenters. The third-order valence-corrected chi connectivity index (χ3v) is 3.65. The first-order chi connectivity index (χ1) is 9.69. The van der Waals surface area contributed by atoms with Crippen LogP contribution in [0.15, 0.2) is 30.3 Å². The van der Waals surface area contributed by atoms with Gasteiger partial charge in [0.05, 0.1) is 0 Å². The molecule has 5 nitrogen and oxygen atoms in total. The Morgan fingerprint density at radius 3 is 2.80 bits per heavy atom. The summed E-state index contributed by atoms with van der Waals surface area (Å²) in [6.45, 7) is 2.44. The summed E-state index contributed by atoms with van der Waals surface area (Å²) in [4.78, 5) is 12.0. The normalized spacial score (nSPS) is 12.1. The Labute approximate surface area is 122 Å². The minimum atomic E-state index is -0.0542. The molecule has 1 atom stereocenters. The van der Waals surface area contributed by atoms with Crippen LogP contribution in [0.1, 0.15) is 29.8 Å². The standard InChI is InChI=1S/C14H17N3O2S/c1-10(11-6-4-3-5-7-11)8-12(18)15-14-17-16-13(20-14)9-19-2/h3-7,10H,8-9H2,1-2H3,(H,15,17,18)/t10-/m1/s1. The minimum Gasteiger partial charge on any atom is -0.377 e. The van der Waals surface area contributed by atoms with Crippen LogP contribution < -0.4 is 5.32 Å². The van der Waals surface area contributed by atoms with Crippen LogP contribution in [0.4, 0.5) is 5.13 Å². The lowest BCUT2D eigenvalue weighted by atomic mass is 9.98. The van der Waals surface area contributed by atoms with Gasteiger partial charge in [-0.2, -0.15) is 0 Å². The van der Waals surface area contributed by atoms with Crippen molar-refractivity contribution in [2.24, 2.45) is 0 Å². The van der Waals surface area contributed by atoms with Crippen LogP contribution in [0.25, 0.3) is 0 Å². The average Bonchev–Trinajstić information content (AvgIpc) is 2.87. The Morgan fingerprint density at radius 1 is 1.35 bits per heavy atom. The van der Waals surface area contributed by atoms with E-state index >= 15 is 0 Å².